The monoisotopic (exact) mass is 245 g/mol. The maximum atomic E-state index is 11.7. The van der Waals surface area contributed by atoms with Gasteiger partial charge in [0.25, 0.3) is 0 Å². The lowest BCUT2D eigenvalue weighted by Crippen LogP contribution is -2.20. The van der Waals surface area contributed by atoms with Crippen LogP contribution in [0.1, 0.15) is 13.3 Å². The lowest BCUT2D eigenvalue weighted by molar-refractivity contribution is -0.118. The summed E-state index contributed by atoms with van der Waals surface area (Å²) < 4.78 is 1.02. The van der Waals surface area contributed by atoms with E-state index in [0.717, 1.165) is 10.2 Å². The van der Waals surface area contributed by atoms with Crippen LogP contribution in [0.3, 0.4) is 0 Å². The Balaban J connectivity index is 2.18. The molecule has 2 aromatic rings. The van der Waals surface area contributed by atoms with Gasteiger partial charge in [0.2, 0.25) is 5.91 Å². The number of rotatable bonds is 3. The number of hydrogen-bond donors (Lipinski definition) is 1. The molecule has 1 atom stereocenters. The second-order valence-electron chi connectivity index (χ2n) is 3.61. The van der Waals surface area contributed by atoms with Crippen molar-refractivity contribution in [2.24, 2.45) is 5.92 Å². The van der Waals surface area contributed by atoms with E-state index in [4.69, 9.17) is 5.26 Å². The van der Waals surface area contributed by atoms with Crippen molar-refractivity contribution in [1.82, 2.24) is 4.98 Å². The highest BCUT2D eigenvalue weighted by atomic mass is 32.1. The number of thiazole rings is 1. The molecule has 1 aromatic heterocycles. The molecule has 2 rings (SSSR count). The van der Waals surface area contributed by atoms with E-state index in [2.05, 4.69) is 10.3 Å². The van der Waals surface area contributed by atoms with Crippen LogP contribution in [0.25, 0.3) is 10.2 Å². The smallest absolute Gasteiger partial charge is 0.241 e. The van der Waals surface area contributed by atoms with Gasteiger partial charge in [0.05, 0.1) is 21.8 Å². The van der Waals surface area contributed by atoms with Crippen LogP contribution in [-0.4, -0.2) is 10.9 Å². The Morgan fingerprint density at radius 1 is 1.65 bits per heavy atom. The van der Waals surface area contributed by atoms with Crippen molar-refractivity contribution in [1.29, 1.82) is 5.26 Å². The second kappa shape index (κ2) is 4.93. The number of nitrogens with zero attached hydrogens (tertiary/aromatic N) is 2. The van der Waals surface area contributed by atoms with E-state index >= 15 is 0 Å². The predicted molar refractivity (Wildman–Crippen MR) is 67.6 cm³/mol. The largest absolute Gasteiger partial charge is 0.325 e. The zero-order valence-corrected chi connectivity index (χ0v) is 10.1. The van der Waals surface area contributed by atoms with Crippen molar-refractivity contribution in [3.05, 3.63) is 23.7 Å². The fourth-order valence-electron chi connectivity index (χ4n) is 1.50. The summed E-state index contributed by atoms with van der Waals surface area (Å²) in [5, 5.41) is 11.5. The molecule has 0 saturated carbocycles. The topological polar surface area (TPSA) is 65.8 Å². The Labute approximate surface area is 103 Å². The van der Waals surface area contributed by atoms with Crippen molar-refractivity contribution >= 4 is 33.1 Å². The number of aromatic nitrogens is 1. The van der Waals surface area contributed by atoms with Gasteiger partial charge >= 0.3 is 0 Å². The van der Waals surface area contributed by atoms with Gasteiger partial charge in [-0.3, -0.25) is 4.79 Å². The van der Waals surface area contributed by atoms with E-state index in [9.17, 15) is 4.79 Å². The molecule has 0 aliphatic carbocycles. The Morgan fingerprint density at radius 2 is 2.47 bits per heavy atom. The SMILES string of the molecule is CCC(C#N)C(=O)Nc1ccc2ncsc2c1. The molecule has 17 heavy (non-hydrogen) atoms. The van der Waals surface area contributed by atoms with Gasteiger partial charge in [0, 0.05) is 5.69 Å². The van der Waals surface area contributed by atoms with Gasteiger partial charge < -0.3 is 5.32 Å². The number of carbonyl (C=O) groups is 1. The standard InChI is InChI=1S/C12H11N3OS/c1-2-8(6-13)12(16)15-9-3-4-10-11(5-9)17-7-14-10/h3-5,7-8H,2H2,1H3,(H,15,16). The molecule has 4 nitrogen and oxygen atoms in total. The van der Waals surface area contributed by atoms with Crippen LogP contribution >= 0.6 is 11.3 Å². The van der Waals surface area contributed by atoms with Gasteiger partial charge in [0.15, 0.2) is 0 Å². The molecule has 0 radical (unpaired) electrons. The molecular formula is C12H11N3OS. The number of nitriles is 1. The summed E-state index contributed by atoms with van der Waals surface area (Å²) in [6.07, 6.45) is 0.519. The van der Waals surface area contributed by atoms with Crippen LogP contribution in [0.15, 0.2) is 23.7 Å². The summed E-state index contributed by atoms with van der Waals surface area (Å²) in [6, 6.07) is 7.50. The fourth-order valence-corrected chi connectivity index (χ4v) is 2.21. The van der Waals surface area contributed by atoms with Gasteiger partial charge in [-0.2, -0.15) is 5.26 Å². The van der Waals surface area contributed by atoms with E-state index < -0.39 is 5.92 Å². The molecule has 1 unspecified atom stereocenters. The quantitative estimate of drug-likeness (QED) is 0.904. The highest BCUT2D eigenvalue weighted by Gasteiger charge is 2.15. The molecule has 0 aliphatic rings. The zero-order valence-electron chi connectivity index (χ0n) is 9.30. The van der Waals surface area contributed by atoms with E-state index in [1.165, 1.54) is 11.3 Å². The highest BCUT2D eigenvalue weighted by Crippen LogP contribution is 2.22. The third kappa shape index (κ3) is 2.43. The van der Waals surface area contributed by atoms with E-state index in [1.807, 2.05) is 25.1 Å². The van der Waals surface area contributed by atoms with Crippen LogP contribution in [0.4, 0.5) is 5.69 Å². The minimum absolute atomic E-state index is 0.251. The lowest BCUT2D eigenvalue weighted by atomic mass is 10.1. The molecule has 0 saturated heterocycles. The van der Waals surface area contributed by atoms with Crippen LogP contribution in [-0.2, 0) is 4.79 Å². The Bertz CT molecular complexity index is 585. The van der Waals surface area contributed by atoms with E-state index in [1.54, 1.807) is 11.6 Å². The van der Waals surface area contributed by atoms with Gasteiger partial charge in [-0.25, -0.2) is 4.98 Å². The van der Waals surface area contributed by atoms with Gasteiger partial charge in [-0.1, -0.05) is 6.92 Å². The summed E-state index contributed by atoms with van der Waals surface area (Å²) in [5.41, 5.74) is 3.39. The van der Waals surface area contributed by atoms with Crippen molar-refractivity contribution in [3.63, 3.8) is 0 Å². The highest BCUT2D eigenvalue weighted by molar-refractivity contribution is 7.16. The first-order valence-corrected chi connectivity index (χ1v) is 6.16. The molecule has 0 fully saturated rings. The minimum atomic E-state index is -0.591. The summed E-state index contributed by atoms with van der Waals surface area (Å²) in [6.45, 7) is 1.82. The fraction of sp³-hybridized carbons (Fsp3) is 0.250. The zero-order chi connectivity index (χ0) is 12.3. The van der Waals surface area contributed by atoms with E-state index in [-0.39, 0.29) is 5.91 Å². The lowest BCUT2D eigenvalue weighted by Gasteiger charge is -2.07. The van der Waals surface area contributed by atoms with Crippen LogP contribution in [0.5, 0.6) is 0 Å². The first kappa shape index (κ1) is 11.6. The summed E-state index contributed by atoms with van der Waals surface area (Å²) >= 11 is 1.52. The molecule has 0 bridgehead atoms. The summed E-state index contributed by atoms with van der Waals surface area (Å²) in [7, 11) is 0. The number of amides is 1. The molecule has 0 spiro atoms. The van der Waals surface area contributed by atoms with Crippen molar-refractivity contribution in [2.45, 2.75) is 13.3 Å². The average Bonchev–Trinajstić information content (AvgIpc) is 2.77. The summed E-state index contributed by atoms with van der Waals surface area (Å²) in [4.78, 5) is 15.9. The molecule has 1 heterocycles. The molecule has 1 amide bonds. The Morgan fingerprint density at radius 3 is 3.18 bits per heavy atom. The number of hydrogen-bond acceptors (Lipinski definition) is 4. The van der Waals surface area contributed by atoms with Crippen molar-refractivity contribution in [3.8, 4) is 6.07 Å². The maximum absolute atomic E-state index is 11.7. The van der Waals surface area contributed by atoms with Crippen molar-refractivity contribution < 1.29 is 4.79 Å². The molecule has 5 heteroatoms. The molecule has 0 aliphatic heterocycles. The van der Waals surface area contributed by atoms with Gasteiger partial charge in [-0.05, 0) is 24.6 Å². The first-order valence-electron chi connectivity index (χ1n) is 5.28. The average molecular weight is 245 g/mol. The van der Waals surface area contributed by atoms with E-state index in [0.29, 0.717) is 12.1 Å². The van der Waals surface area contributed by atoms with Crippen LogP contribution in [0, 0.1) is 17.2 Å². The normalized spacial score (nSPS) is 12.0. The summed E-state index contributed by atoms with van der Waals surface area (Å²) in [5.74, 6) is -0.842. The molecule has 1 N–H and O–H groups in total. The number of anilines is 1. The van der Waals surface area contributed by atoms with Crippen LogP contribution < -0.4 is 5.32 Å². The van der Waals surface area contributed by atoms with Gasteiger partial charge in [-0.15, -0.1) is 11.3 Å². The molecule has 1 aromatic carbocycles. The number of fused-ring (bicyclic) bond motifs is 1. The number of benzene rings is 1. The maximum Gasteiger partial charge on any atom is 0.241 e. The van der Waals surface area contributed by atoms with Crippen molar-refractivity contribution in [2.75, 3.05) is 5.32 Å². The second-order valence-corrected chi connectivity index (χ2v) is 4.50. The Kier molecular flexibility index (Phi) is 3.35. The Hall–Kier alpha value is -1.93. The minimum Gasteiger partial charge on any atom is -0.325 e. The first-order chi connectivity index (χ1) is 8.24. The number of nitrogens with one attached hydrogen (secondary N) is 1. The molecular weight excluding hydrogens is 234 g/mol. The third-order valence-electron chi connectivity index (χ3n) is 2.48. The number of carbonyl (C=O) groups excluding carboxylic acids is 1. The van der Waals surface area contributed by atoms with Gasteiger partial charge in [0.1, 0.15) is 5.92 Å². The molecule has 86 valence electrons. The van der Waals surface area contributed by atoms with Crippen LogP contribution in [0.2, 0.25) is 0 Å². The predicted octanol–water partition coefficient (Wildman–Crippen LogP) is 2.78. The third-order valence-corrected chi connectivity index (χ3v) is 3.27.